The summed E-state index contributed by atoms with van der Waals surface area (Å²) in [5, 5.41) is 0. The summed E-state index contributed by atoms with van der Waals surface area (Å²) in [6.07, 6.45) is 0. The lowest BCUT2D eigenvalue weighted by molar-refractivity contribution is 0.0995. The Bertz CT molecular complexity index is 880. The van der Waals surface area contributed by atoms with Crippen LogP contribution in [-0.4, -0.2) is 15.9 Å². The third kappa shape index (κ3) is 3.46. The molecule has 0 atom stereocenters. The van der Waals surface area contributed by atoms with E-state index in [9.17, 15) is 9.18 Å². The molecule has 6 nitrogen and oxygen atoms in total. The zero-order valence-corrected chi connectivity index (χ0v) is 12.4. The van der Waals surface area contributed by atoms with E-state index >= 15 is 0 Å². The monoisotopic (exact) mass is 324 g/mol. The highest BCUT2D eigenvalue weighted by Crippen LogP contribution is 2.25. The maximum absolute atomic E-state index is 12.9. The molecule has 0 saturated heterocycles. The Morgan fingerprint density at radius 1 is 0.958 bits per heavy atom. The van der Waals surface area contributed by atoms with Gasteiger partial charge in [0.1, 0.15) is 28.8 Å². The Morgan fingerprint density at radius 2 is 1.54 bits per heavy atom. The molecule has 0 fully saturated rings. The fourth-order valence-corrected chi connectivity index (χ4v) is 2.03. The quantitative estimate of drug-likeness (QED) is 0.768. The Hall–Kier alpha value is -3.48. The summed E-state index contributed by atoms with van der Waals surface area (Å²) in [4.78, 5) is 19.4. The van der Waals surface area contributed by atoms with Gasteiger partial charge in [-0.15, -0.1) is 0 Å². The molecule has 24 heavy (non-hydrogen) atoms. The first-order valence-electron chi connectivity index (χ1n) is 6.99. The standard InChI is InChI=1S/C17H13FN4O2/c18-11-3-7-13(8-4-11)24-12-5-1-10(2-6-12)17-21-14(16(20)23)9-15(19)22-17/h1-9H,(H2,20,23)(H2,19,21,22). The predicted molar refractivity (Wildman–Crippen MR) is 86.9 cm³/mol. The number of nitrogens with two attached hydrogens (primary N) is 2. The summed E-state index contributed by atoms with van der Waals surface area (Å²) >= 11 is 0. The Balaban J connectivity index is 1.84. The van der Waals surface area contributed by atoms with Gasteiger partial charge in [-0.05, 0) is 48.5 Å². The van der Waals surface area contributed by atoms with Crippen molar-refractivity contribution in [2.24, 2.45) is 5.73 Å². The van der Waals surface area contributed by atoms with E-state index in [0.29, 0.717) is 17.1 Å². The van der Waals surface area contributed by atoms with Gasteiger partial charge in [0.2, 0.25) is 0 Å². The van der Waals surface area contributed by atoms with Crippen molar-refractivity contribution in [3.63, 3.8) is 0 Å². The lowest BCUT2D eigenvalue weighted by Crippen LogP contribution is -2.14. The summed E-state index contributed by atoms with van der Waals surface area (Å²) in [5.41, 5.74) is 11.6. The van der Waals surface area contributed by atoms with Crippen molar-refractivity contribution in [2.45, 2.75) is 0 Å². The second kappa shape index (κ2) is 6.33. The van der Waals surface area contributed by atoms with Crippen LogP contribution < -0.4 is 16.2 Å². The van der Waals surface area contributed by atoms with E-state index in [0.717, 1.165) is 0 Å². The number of benzene rings is 2. The number of carbonyl (C=O) groups is 1. The average Bonchev–Trinajstić information content (AvgIpc) is 2.57. The SMILES string of the molecule is NC(=O)c1cc(N)nc(-c2ccc(Oc3ccc(F)cc3)cc2)n1. The first kappa shape index (κ1) is 15.4. The number of nitrogen functional groups attached to an aromatic ring is 1. The number of primary amides is 1. The predicted octanol–water partition coefficient (Wildman–Crippen LogP) is 2.76. The van der Waals surface area contributed by atoms with Crippen LogP contribution in [0.4, 0.5) is 10.2 Å². The Labute approximate surface area is 136 Å². The number of hydrogen-bond acceptors (Lipinski definition) is 5. The van der Waals surface area contributed by atoms with Crippen LogP contribution >= 0.6 is 0 Å². The van der Waals surface area contributed by atoms with Crippen LogP contribution in [0.5, 0.6) is 11.5 Å². The number of amides is 1. The molecule has 0 aliphatic rings. The number of nitrogens with zero attached hydrogens (tertiary/aromatic N) is 2. The van der Waals surface area contributed by atoms with E-state index in [1.165, 1.54) is 30.3 Å². The number of hydrogen-bond donors (Lipinski definition) is 2. The minimum Gasteiger partial charge on any atom is -0.457 e. The molecule has 2 aromatic carbocycles. The molecule has 0 bridgehead atoms. The van der Waals surface area contributed by atoms with Gasteiger partial charge in [0.25, 0.3) is 5.91 Å². The zero-order chi connectivity index (χ0) is 17.1. The zero-order valence-electron chi connectivity index (χ0n) is 12.4. The van der Waals surface area contributed by atoms with E-state index < -0.39 is 5.91 Å². The molecule has 0 radical (unpaired) electrons. The van der Waals surface area contributed by atoms with E-state index in [2.05, 4.69) is 9.97 Å². The molecule has 1 aromatic heterocycles. The number of halogens is 1. The molecule has 0 spiro atoms. The van der Waals surface area contributed by atoms with E-state index in [1.54, 1.807) is 24.3 Å². The van der Waals surface area contributed by atoms with Crippen molar-refractivity contribution in [1.82, 2.24) is 9.97 Å². The molecular formula is C17H13FN4O2. The van der Waals surface area contributed by atoms with Gasteiger partial charge in [-0.1, -0.05) is 0 Å². The number of ether oxygens (including phenoxy) is 1. The van der Waals surface area contributed by atoms with Crippen molar-refractivity contribution in [3.8, 4) is 22.9 Å². The maximum Gasteiger partial charge on any atom is 0.267 e. The number of carbonyl (C=O) groups excluding carboxylic acids is 1. The molecule has 3 aromatic rings. The average molecular weight is 324 g/mol. The highest BCUT2D eigenvalue weighted by atomic mass is 19.1. The van der Waals surface area contributed by atoms with Crippen molar-refractivity contribution < 1.29 is 13.9 Å². The highest BCUT2D eigenvalue weighted by Gasteiger charge is 2.09. The molecule has 4 N–H and O–H groups in total. The summed E-state index contributed by atoms with van der Waals surface area (Å²) in [6, 6.07) is 13.9. The minimum absolute atomic E-state index is 0.0455. The van der Waals surface area contributed by atoms with Crippen molar-refractivity contribution in [3.05, 3.63) is 66.1 Å². The third-order valence-corrected chi connectivity index (χ3v) is 3.16. The second-order valence-electron chi connectivity index (χ2n) is 4.95. The maximum atomic E-state index is 12.9. The van der Waals surface area contributed by atoms with Gasteiger partial charge in [0.15, 0.2) is 5.82 Å². The molecule has 0 saturated carbocycles. The van der Waals surface area contributed by atoms with E-state index in [-0.39, 0.29) is 23.2 Å². The minimum atomic E-state index is -0.679. The summed E-state index contributed by atoms with van der Waals surface area (Å²) in [6.45, 7) is 0. The molecule has 0 unspecified atom stereocenters. The fraction of sp³-hybridized carbons (Fsp3) is 0. The lowest BCUT2D eigenvalue weighted by atomic mass is 10.2. The van der Waals surface area contributed by atoms with Gasteiger partial charge in [-0.3, -0.25) is 4.79 Å². The van der Waals surface area contributed by atoms with Crippen LogP contribution in [0.1, 0.15) is 10.5 Å². The van der Waals surface area contributed by atoms with Crippen LogP contribution in [0, 0.1) is 5.82 Å². The number of anilines is 1. The van der Waals surface area contributed by atoms with Gasteiger partial charge >= 0.3 is 0 Å². The van der Waals surface area contributed by atoms with Crippen LogP contribution in [0.25, 0.3) is 11.4 Å². The van der Waals surface area contributed by atoms with Crippen LogP contribution in [0.3, 0.4) is 0 Å². The molecular weight excluding hydrogens is 311 g/mol. The molecule has 1 heterocycles. The van der Waals surface area contributed by atoms with Gasteiger partial charge in [-0.25, -0.2) is 14.4 Å². The van der Waals surface area contributed by atoms with Gasteiger partial charge in [-0.2, -0.15) is 0 Å². The first-order valence-corrected chi connectivity index (χ1v) is 6.99. The highest BCUT2D eigenvalue weighted by molar-refractivity contribution is 5.91. The number of rotatable bonds is 4. The van der Waals surface area contributed by atoms with Gasteiger partial charge < -0.3 is 16.2 Å². The third-order valence-electron chi connectivity index (χ3n) is 3.16. The Kier molecular flexibility index (Phi) is 4.07. The largest absolute Gasteiger partial charge is 0.457 e. The van der Waals surface area contributed by atoms with Crippen molar-refractivity contribution in [2.75, 3.05) is 5.73 Å². The second-order valence-corrected chi connectivity index (χ2v) is 4.95. The Morgan fingerprint density at radius 3 is 2.12 bits per heavy atom. The first-order chi connectivity index (χ1) is 11.5. The summed E-state index contributed by atoms with van der Waals surface area (Å²) in [7, 11) is 0. The number of aromatic nitrogens is 2. The molecule has 0 aliphatic heterocycles. The topological polar surface area (TPSA) is 104 Å². The van der Waals surface area contributed by atoms with Crippen LogP contribution in [0.15, 0.2) is 54.6 Å². The van der Waals surface area contributed by atoms with Gasteiger partial charge in [0, 0.05) is 11.6 Å². The molecule has 3 rings (SSSR count). The molecule has 1 amide bonds. The van der Waals surface area contributed by atoms with E-state index in [4.69, 9.17) is 16.2 Å². The summed E-state index contributed by atoms with van der Waals surface area (Å²) < 4.78 is 18.5. The molecule has 7 heteroatoms. The van der Waals surface area contributed by atoms with Crippen LogP contribution in [0.2, 0.25) is 0 Å². The normalized spacial score (nSPS) is 10.4. The van der Waals surface area contributed by atoms with E-state index in [1.807, 2.05) is 0 Å². The molecule has 0 aliphatic carbocycles. The van der Waals surface area contributed by atoms with Crippen LogP contribution in [-0.2, 0) is 0 Å². The van der Waals surface area contributed by atoms with Crippen molar-refractivity contribution >= 4 is 11.7 Å². The lowest BCUT2D eigenvalue weighted by Gasteiger charge is -2.07. The summed E-state index contributed by atoms with van der Waals surface area (Å²) in [5.74, 6) is 0.505. The fourth-order valence-electron chi connectivity index (χ4n) is 2.03. The van der Waals surface area contributed by atoms with Gasteiger partial charge in [0.05, 0.1) is 0 Å². The van der Waals surface area contributed by atoms with Crippen molar-refractivity contribution in [1.29, 1.82) is 0 Å². The smallest absolute Gasteiger partial charge is 0.267 e. The molecule has 120 valence electrons.